The minimum Gasteiger partial charge on any atom is -0.355 e. The molecular weight excluding hydrogens is 280 g/mol. The molecule has 0 saturated heterocycles. The third-order valence-corrected chi connectivity index (χ3v) is 4.71. The normalized spacial score (nSPS) is 21.1. The van der Waals surface area contributed by atoms with Gasteiger partial charge in [-0.25, -0.2) is 9.48 Å². The van der Waals surface area contributed by atoms with E-state index in [1.165, 1.54) is 35.9 Å². The first-order chi connectivity index (χ1) is 10.6. The quantitative estimate of drug-likeness (QED) is 0.849. The zero-order valence-corrected chi connectivity index (χ0v) is 13.2. The first kappa shape index (κ1) is 15.1. The van der Waals surface area contributed by atoms with Crippen molar-refractivity contribution < 1.29 is 4.79 Å². The average molecular weight is 304 g/mol. The van der Waals surface area contributed by atoms with Crippen LogP contribution in [0, 0.1) is 5.92 Å². The van der Waals surface area contributed by atoms with Crippen LogP contribution in [0.25, 0.3) is 0 Å². The SMILES string of the molecule is Cn1nc2n(c1=O)C[C@H](C(=O)NCCC1=CCCCC1)CC2. The van der Waals surface area contributed by atoms with Gasteiger partial charge < -0.3 is 5.32 Å². The average Bonchev–Trinajstić information content (AvgIpc) is 2.83. The fourth-order valence-corrected chi connectivity index (χ4v) is 3.37. The van der Waals surface area contributed by atoms with Gasteiger partial charge in [-0.2, -0.15) is 5.10 Å². The molecular formula is C16H24N4O2. The number of nitrogens with one attached hydrogen (secondary N) is 1. The summed E-state index contributed by atoms with van der Waals surface area (Å²) in [4.78, 5) is 24.2. The highest BCUT2D eigenvalue weighted by atomic mass is 16.2. The number of carbonyl (C=O) groups excluding carboxylic acids is 1. The summed E-state index contributed by atoms with van der Waals surface area (Å²) in [5.74, 6) is 0.747. The minimum absolute atomic E-state index is 0.0674. The van der Waals surface area contributed by atoms with Gasteiger partial charge >= 0.3 is 5.69 Å². The highest BCUT2D eigenvalue weighted by molar-refractivity contribution is 5.78. The molecule has 22 heavy (non-hydrogen) atoms. The second-order valence-electron chi connectivity index (χ2n) is 6.32. The predicted octanol–water partition coefficient (Wildman–Crippen LogP) is 1.15. The molecule has 1 aromatic heterocycles. The van der Waals surface area contributed by atoms with E-state index in [0.717, 1.165) is 18.7 Å². The van der Waals surface area contributed by atoms with Crippen molar-refractivity contribution >= 4 is 5.91 Å². The van der Waals surface area contributed by atoms with Gasteiger partial charge in [-0.1, -0.05) is 11.6 Å². The Morgan fingerprint density at radius 2 is 2.27 bits per heavy atom. The Balaban J connectivity index is 1.52. The zero-order valence-electron chi connectivity index (χ0n) is 13.2. The topological polar surface area (TPSA) is 68.9 Å². The van der Waals surface area contributed by atoms with Crippen LogP contribution in [-0.2, 0) is 24.8 Å². The van der Waals surface area contributed by atoms with E-state index in [9.17, 15) is 9.59 Å². The molecule has 0 aromatic carbocycles. The number of aryl methyl sites for hydroxylation is 2. The molecule has 2 heterocycles. The van der Waals surface area contributed by atoms with E-state index in [-0.39, 0.29) is 17.5 Å². The lowest BCUT2D eigenvalue weighted by molar-refractivity contribution is -0.125. The number of hydrogen-bond acceptors (Lipinski definition) is 3. The van der Waals surface area contributed by atoms with Gasteiger partial charge in [-0.15, -0.1) is 0 Å². The van der Waals surface area contributed by atoms with Gasteiger partial charge in [0.05, 0.1) is 5.92 Å². The maximum Gasteiger partial charge on any atom is 0.345 e. The molecule has 0 radical (unpaired) electrons. The fourth-order valence-electron chi connectivity index (χ4n) is 3.37. The summed E-state index contributed by atoms with van der Waals surface area (Å²) >= 11 is 0. The van der Waals surface area contributed by atoms with Gasteiger partial charge in [0.2, 0.25) is 5.91 Å². The summed E-state index contributed by atoms with van der Waals surface area (Å²) in [5.41, 5.74) is 1.35. The third kappa shape index (κ3) is 3.15. The molecule has 1 amide bonds. The first-order valence-corrected chi connectivity index (χ1v) is 8.23. The van der Waals surface area contributed by atoms with Crippen LogP contribution in [0.4, 0.5) is 0 Å². The van der Waals surface area contributed by atoms with Crippen LogP contribution in [0.1, 0.15) is 44.3 Å². The maximum atomic E-state index is 12.3. The maximum absolute atomic E-state index is 12.3. The molecule has 6 heteroatoms. The molecule has 1 N–H and O–H groups in total. The van der Waals surface area contributed by atoms with Crippen LogP contribution < -0.4 is 11.0 Å². The molecule has 6 nitrogen and oxygen atoms in total. The molecule has 0 spiro atoms. The lowest BCUT2D eigenvalue weighted by Gasteiger charge is -2.22. The number of hydrogen-bond donors (Lipinski definition) is 1. The van der Waals surface area contributed by atoms with E-state index >= 15 is 0 Å². The molecule has 120 valence electrons. The van der Waals surface area contributed by atoms with Gasteiger partial charge in [0, 0.05) is 26.6 Å². The largest absolute Gasteiger partial charge is 0.355 e. The minimum atomic E-state index is -0.125. The van der Waals surface area contributed by atoms with Gasteiger partial charge in [-0.05, 0) is 38.5 Å². The van der Waals surface area contributed by atoms with Crippen molar-refractivity contribution in [1.82, 2.24) is 19.7 Å². The smallest absolute Gasteiger partial charge is 0.345 e. The molecule has 2 aliphatic rings. The Hall–Kier alpha value is -1.85. The number of carbonyl (C=O) groups is 1. The van der Waals surface area contributed by atoms with Crippen LogP contribution in [0.5, 0.6) is 0 Å². The van der Waals surface area contributed by atoms with Crippen molar-refractivity contribution in [1.29, 1.82) is 0 Å². The molecule has 0 bridgehead atoms. The van der Waals surface area contributed by atoms with Gasteiger partial charge in [-0.3, -0.25) is 9.36 Å². The molecule has 1 aliphatic carbocycles. The Labute approximate surface area is 130 Å². The van der Waals surface area contributed by atoms with Gasteiger partial charge in [0.1, 0.15) is 5.82 Å². The second-order valence-corrected chi connectivity index (χ2v) is 6.32. The highest BCUT2D eigenvalue weighted by Gasteiger charge is 2.27. The molecule has 1 aliphatic heterocycles. The number of rotatable bonds is 4. The standard InChI is InChI=1S/C16H24N4O2/c1-19-16(22)20-11-13(7-8-14(20)18-19)15(21)17-10-9-12-5-3-2-4-6-12/h5,13H,2-4,6-11H2,1H3,(H,17,21)/t13-/m1/s1. The number of fused-ring (bicyclic) bond motifs is 1. The summed E-state index contributed by atoms with van der Waals surface area (Å²) in [7, 11) is 1.65. The van der Waals surface area contributed by atoms with Crippen LogP contribution >= 0.6 is 0 Å². The van der Waals surface area contributed by atoms with Crippen molar-refractivity contribution in [2.45, 2.75) is 51.5 Å². The highest BCUT2D eigenvalue weighted by Crippen LogP contribution is 2.20. The Morgan fingerprint density at radius 1 is 1.41 bits per heavy atom. The number of allylic oxidation sites excluding steroid dienone is 1. The zero-order chi connectivity index (χ0) is 15.5. The molecule has 1 aromatic rings. The third-order valence-electron chi connectivity index (χ3n) is 4.71. The van der Waals surface area contributed by atoms with E-state index in [2.05, 4.69) is 16.5 Å². The van der Waals surface area contributed by atoms with Crippen molar-refractivity contribution in [3.63, 3.8) is 0 Å². The van der Waals surface area contributed by atoms with E-state index < -0.39 is 0 Å². The summed E-state index contributed by atoms with van der Waals surface area (Å²) in [6.07, 6.45) is 9.65. The molecule has 0 unspecified atom stereocenters. The fraction of sp³-hybridized carbons (Fsp3) is 0.688. The van der Waals surface area contributed by atoms with Crippen molar-refractivity contribution in [3.8, 4) is 0 Å². The van der Waals surface area contributed by atoms with Crippen LogP contribution in [0.2, 0.25) is 0 Å². The van der Waals surface area contributed by atoms with Crippen molar-refractivity contribution in [2.24, 2.45) is 13.0 Å². The van der Waals surface area contributed by atoms with Crippen LogP contribution in [-0.4, -0.2) is 26.8 Å². The van der Waals surface area contributed by atoms with Crippen LogP contribution in [0.3, 0.4) is 0 Å². The Morgan fingerprint density at radius 3 is 3.05 bits per heavy atom. The second kappa shape index (κ2) is 6.50. The predicted molar refractivity (Wildman–Crippen MR) is 83.5 cm³/mol. The van der Waals surface area contributed by atoms with E-state index in [1.807, 2.05) is 0 Å². The number of nitrogens with zero attached hydrogens (tertiary/aromatic N) is 3. The molecule has 0 saturated carbocycles. The molecule has 1 atom stereocenters. The molecule has 0 fully saturated rings. The number of amides is 1. The summed E-state index contributed by atoms with van der Waals surface area (Å²) in [5, 5.41) is 7.23. The molecule has 3 rings (SSSR count). The number of aromatic nitrogens is 3. The Kier molecular flexibility index (Phi) is 4.45. The Bertz CT molecular complexity index is 641. The van der Waals surface area contributed by atoms with Crippen molar-refractivity contribution in [2.75, 3.05) is 6.54 Å². The van der Waals surface area contributed by atoms with Crippen LogP contribution in [0.15, 0.2) is 16.4 Å². The van der Waals surface area contributed by atoms with E-state index in [4.69, 9.17) is 0 Å². The van der Waals surface area contributed by atoms with E-state index in [0.29, 0.717) is 19.5 Å². The monoisotopic (exact) mass is 304 g/mol. The van der Waals surface area contributed by atoms with E-state index in [1.54, 1.807) is 11.6 Å². The lowest BCUT2D eigenvalue weighted by Crippen LogP contribution is -2.39. The van der Waals surface area contributed by atoms with Gasteiger partial charge in [0.15, 0.2) is 0 Å². The first-order valence-electron chi connectivity index (χ1n) is 8.23. The van der Waals surface area contributed by atoms with Gasteiger partial charge in [0.25, 0.3) is 0 Å². The lowest BCUT2D eigenvalue weighted by atomic mass is 9.96. The summed E-state index contributed by atoms with van der Waals surface area (Å²) in [6, 6.07) is 0. The summed E-state index contributed by atoms with van der Waals surface area (Å²) in [6.45, 7) is 1.16. The summed E-state index contributed by atoms with van der Waals surface area (Å²) < 4.78 is 2.99. The van der Waals surface area contributed by atoms with Crippen molar-refractivity contribution in [3.05, 3.63) is 28.0 Å².